The van der Waals surface area contributed by atoms with E-state index in [0.29, 0.717) is 11.3 Å². The fourth-order valence-corrected chi connectivity index (χ4v) is 3.73. The first-order valence-corrected chi connectivity index (χ1v) is 9.24. The summed E-state index contributed by atoms with van der Waals surface area (Å²) in [6.45, 7) is 3.74. The standard InChI is InChI=1S/C23H21FN2O2/c1-23(2,14-8-4-3-5-9-14)26-22(28)16-13-20-17(12-18(16)24)21(27)15-10-6-7-11-19(15)25-20/h3-13,17,20,25H,1-2H3,(H,26,28). The van der Waals surface area contributed by atoms with Crippen LogP contribution in [0.15, 0.2) is 78.1 Å². The molecular weight excluding hydrogens is 355 g/mol. The Labute approximate surface area is 163 Å². The quantitative estimate of drug-likeness (QED) is 0.847. The van der Waals surface area contributed by atoms with E-state index in [9.17, 15) is 14.0 Å². The number of carbonyl (C=O) groups excluding carboxylic acids is 2. The Morgan fingerprint density at radius 3 is 2.46 bits per heavy atom. The van der Waals surface area contributed by atoms with Crippen molar-refractivity contribution in [2.75, 3.05) is 5.32 Å². The SMILES string of the molecule is CC(C)(NC(=O)C1=CC2Nc3ccccc3C(=O)C2C=C1F)c1ccccc1. The Balaban J connectivity index is 1.61. The van der Waals surface area contributed by atoms with Crippen molar-refractivity contribution in [2.24, 2.45) is 5.92 Å². The zero-order valence-corrected chi connectivity index (χ0v) is 15.7. The number of anilines is 1. The minimum Gasteiger partial charge on any atom is -0.377 e. The summed E-state index contributed by atoms with van der Waals surface area (Å²) >= 11 is 0. The molecule has 2 aromatic rings. The fraction of sp³-hybridized carbons (Fsp3) is 0.217. The molecule has 2 unspecified atom stereocenters. The first-order chi connectivity index (χ1) is 13.4. The molecular formula is C23H21FN2O2. The molecule has 5 heteroatoms. The summed E-state index contributed by atoms with van der Waals surface area (Å²) in [4.78, 5) is 25.5. The number of nitrogens with one attached hydrogen (secondary N) is 2. The third-order valence-corrected chi connectivity index (χ3v) is 5.30. The summed E-state index contributed by atoms with van der Waals surface area (Å²) in [5.41, 5.74) is 1.44. The van der Waals surface area contributed by atoms with Gasteiger partial charge in [-0.3, -0.25) is 9.59 Å². The predicted octanol–water partition coefficient (Wildman–Crippen LogP) is 4.12. The van der Waals surface area contributed by atoms with Crippen molar-refractivity contribution in [1.29, 1.82) is 0 Å². The Hall–Kier alpha value is -3.21. The maximum Gasteiger partial charge on any atom is 0.254 e. The molecule has 0 aromatic heterocycles. The zero-order valence-electron chi connectivity index (χ0n) is 15.7. The number of carbonyl (C=O) groups is 2. The van der Waals surface area contributed by atoms with Gasteiger partial charge in [-0.05, 0) is 43.7 Å². The van der Waals surface area contributed by atoms with Crippen LogP contribution in [0.5, 0.6) is 0 Å². The summed E-state index contributed by atoms with van der Waals surface area (Å²) < 4.78 is 14.7. The number of benzene rings is 2. The van der Waals surface area contributed by atoms with Gasteiger partial charge in [0.15, 0.2) is 5.78 Å². The van der Waals surface area contributed by atoms with Gasteiger partial charge in [0.1, 0.15) is 5.83 Å². The summed E-state index contributed by atoms with van der Waals surface area (Å²) in [6.07, 6.45) is 2.77. The van der Waals surface area contributed by atoms with Gasteiger partial charge < -0.3 is 10.6 Å². The summed E-state index contributed by atoms with van der Waals surface area (Å²) in [7, 11) is 0. The molecule has 1 aliphatic carbocycles. The van der Waals surface area contributed by atoms with Gasteiger partial charge in [-0.1, -0.05) is 42.5 Å². The number of halogens is 1. The average molecular weight is 376 g/mol. The van der Waals surface area contributed by atoms with Crippen LogP contribution in [-0.2, 0) is 10.3 Å². The van der Waals surface area contributed by atoms with Crippen LogP contribution >= 0.6 is 0 Å². The van der Waals surface area contributed by atoms with Gasteiger partial charge in [0.25, 0.3) is 5.91 Å². The fourth-order valence-electron chi connectivity index (χ4n) is 3.73. The van der Waals surface area contributed by atoms with Gasteiger partial charge in [-0.2, -0.15) is 0 Å². The van der Waals surface area contributed by atoms with Crippen molar-refractivity contribution >= 4 is 17.4 Å². The molecule has 4 nitrogen and oxygen atoms in total. The van der Waals surface area contributed by atoms with Crippen LogP contribution in [0.3, 0.4) is 0 Å². The first kappa shape index (κ1) is 18.2. The molecule has 28 heavy (non-hydrogen) atoms. The zero-order chi connectivity index (χ0) is 19.9. The monoisotopic (exact) mass is 376 g/mol. The molecule has 0 radical (unpaired) electrons. The van der Waals surface area contributed by atoms with Crippen molar-refractivity contribution in [3.8, 4) is 0 Å². The molecule has 0 spiro atoms. The van der Waals surface area contributed by atoms with Crippen molar-refractivity contribution in [2.45, 2.75) is 25.4 Å². The van der Waals surface area contributed by atoms with E-state index in [1.165, 1.54) is 12.2 Å². The van der Waals surface area contributed by atoms with Crippen LogP contribution in [0.2, 0.25) is 0 Å². The van der Waals surface area contributed by atoms with Crippen LogP contribution in [-0.4, -0.2) is 17.7 Å². The van der Waals surface area contributed by atoms with Gasteiger partial charge in [0, 0.05) is 11.3 Å². The Bertz CT molecular complexity index is 1010. The van der Waals surface area contributed by atoms with Gasteiger partial charge in [-0.15, -0.1) is 0 Å². The number of ketones is 1. The van der Waals surface area contributed by atoms with Crippen LogP contribution in [0.4, 0.5) is 10.1 Å². The number of hydrogen-bond acceptors (Lipinski definition) is 3. The molecule has 1 amide bonds. The maximum atomic E-state index is 14.7. The Kier molecular flexibility index (Phi) is 4.38. The van der Waals surface area contributed by atoms with Gasteiger partial charge in [0.05, 0.1) is 23.1 Å². The molecule has 1 aliphatic heterocycles. The predicted molar refractivity (Wildman–Crippen MR) is 107 cm³/mol. The van der Waals surface area contributed by atoms with Crippen LogP contribution in [0.1, 0.15) is 29.8 Å². The van der Waals surface area contributed by atoms with Crippen LogP contribution < -0.4 is 10.6 Å². The molecule has 0 bridgehead atoms. The average Bonchev–Trinajstić information content (AvgIpc) is 2.69. The highest BCUT2D eigenvalue weighted by Gasteiger charge is 2.38. The third-order valence-electron chi connectivity index (χ3n) is 5.30. The van der Waals surface area contributed by atoms with E-state index in [0.717, 1.165) is 5.56 Å². The van der Waals surface area contributed by atoms with E-state index < -0.39 is 29.2 Å². The summed E-state index contributed by atoms with van der Waals surface area (Å²) in [5, 5.41) is 6.14. The molecule has 2 N–H and O–H groups in total. The van der Waals surface area contributed by atoms with E-state index in [4.69, 9.17) is 0 Å². The second kappa shape index (κ2) is 6.75. The van der Waals surface area contributed by atoms with Crippen LogP contribution in [0, 0.1) is 5.92 Å². The molecule has 4 rings (SSSR count). The number of hydrogen-bond donors (Lipinski definition) is 2. The lowest BCUT2D eigenvalue weighted by atomic mass is 9.81. The summed E-state index contributed by atoms with van der Waals surface area (Å²) in [5.74, 6) is -1.98. The largest absolute Gasteiger partial charge is 0.377 e. The number of amides is 1. The van der Waals surface area contributed by atoms with E-state index in [2.05, 4.69) is 10.6 Å². The van der Waals surface area contributed by atoms with Crippen molar-refractivity contribution in [1.82, 2.24) is 5.32 Å². The van der Waals surface area contributed by atoms with Gasteiger partial charge in [-0.25, -0.2) is 4.39 Å². The topological polar surface area (TPSA) is 58.2 Å². The number of para-hydroxylation sites is 1. The number of Topliss-reactive ketones (excluding diaryl/α,β-unsaturated/α-hetero) is 1. The lowest BCUT2D eigenvalue weighted by molar-refractivity contribution is -0.119. The second-order valence-corrected chi connectivity index (χ2v) is 7.65. The number of rotatable bonds is 3. The summed E-state index contributed by atoms with van der Waals surface area (Å²) in [6, 6.07) is 16.2. The van der Waals surface area contributed by atoms with Gasteiger partial charge >= 0.3 is 0 Å². The van der Waals surface area contributed by atoms with Crippen LogP contribution in [0.25, 0.3) is 0 Å². The van der Waals surface area contributed by atoms with E-state index in [1.807, 2.05) is 56.3 Å². The number of fused-ring (bicyclic) bond motifs is 2. The lowest BCUT2D eigenvalue weighted by Crippen LogP contribution is -2.44. The molecule has 1 heterocycles. The minimum atomic E-state index is -0.669. The normalized spacial score (nSPS) is 20.9. The third kappa shape index (κ3) is 3.13. The highest BCUT2D eigenvalue weighted by Crippen LogP contribution is 2.35. The molecule has 2 atom stereocenters. The highest BCUT2D eigenvalue weighted by atomic mass is 19.1. The first-order valence-electron chi connectivity index (χ1n) is 9.24. The van der Waals surface area contributed by atoms with Crippen molar-refractivity contribution in [3.05, 3.63) is 89.3 Å². The highest BCUT2D eigenvalue weighted by molar-refractivity contribution is 6.07. The minimum absolute atomic E-state index is 0.0510. The van der Waals surface area contributed by atoms with Crippen molar-refractivity contribution in [3.63, 3.8) is 0 Å². The smallest absolute Gasteiger partial charge is 0.254 e. The molecule has 0 saturated carbocycles. The second-order valence-electron chi connectivity index (χ2n) is 7.65. The molecule has 0 saturated heterocycles. The maximum absolute atomic E-state index is 14.7. The van der Waals surface area contributed by atoms with E-state index in [-0.39, 0.29) is 11.4 Å². The Morgan fingerprint density at radius 1 is 1.04 bits per heavy atom. The molecule has 0 fully saturated rings. The van der Waals surface area contributed by atoms with E-state index in [1.54, 1.807) is 12.1 Å². The lowest BCUT2D eigenvalue weighted by Gasteiger charge is -2.33. The Morgan fingerprint density at radius 2 is 1.71 bits per heavy atom. The molecule has 2 aliphatic rings. The molecule has 2 aromatic carbocycles. The van der Waals surface area contributed by atoms with E-state index >= 15 is 0 Å². The molecule has 142 valence electrons. The van der Waals surface area contributed by atoms with Crippen molar-refractivity contribution < 1.29 is 14.0 Å². The van der Waals surface area contributed by atoms with Gasteiger partial charge in [0.2, 0.25) is 0 Å².